The Morgan fingerprint density at radius 3 is 1.96 bits per heavy atom. The minimum absolute atomic E-state index is 0.736. The van der Waals surface area contributed by atoms with Crippen LogP contribution in [0.1, 0.15) is 0 Å². The van der Waals surface area contributed by atoms with Crippen LogP contribution >= 0.6 is 0 Å². The maximum atomic E-state index is 10.2. The molecule has 2 saturated heterocycles. The van der Waals surface area contributed by atoms with Crippen LogP contribution in [-0.2, 0) is 18.9 Å². The van der Waals surface area contributed by atoms with Crippen molar-refractivity contribution in [2.75, 3.05) is 19.8 Å². The molecule has 152 valence electrons. The highest BCUT2D eigenvalue weighted by Crippen LogP contribution is 2.36. The SMILES string of the molecule is OC[C@H]1O[C@@](COB(O)O)(O[C@H]2O[C@H](CO)[C@@H](O)[C@H](O)[C@H]2O)[C@@H](O)[C@@H]1O. The molecule has 0 aromatic heterocycles. The van der Waals surface area contributed by atoms with Crippen molar-refractivity contribution < 1.29 is 64.7 Å². The Labute approximate surface area is 147 Å². The molecule has 0 aromatic carbocycles. The molecule has 9 atom stereocenters. The lowest BCUT2D eigenvalue weighted by molar-refractivity contribution is -0.383. The van der Waals surface area contributed by atoms with E-state index in [0.717, 1.165) is 0 Å². The van der Waals surface area contributed by atoms with Crippen LogP contribution in [0.3, 0.4) is 0 Å². The lowest BCUT2D eigenvalue weighted by Crippen LogP contribution is -2.63. The Bertz CT molecular complexity index is 453. The van der Waals surface area contributed by atoms with Crippen LogP contribution in [-0.4, -0.2) is 128 Å². The summed E-state index contributed by atoms with van der Waals surface area (Å²) in [5, 5.41) is 85.8. The summed E-state index contributed by atoms with van der Waals surface area (Å²) in [6, 6.07) is 0. The number of hydrogen-bond acceptors (Lipinski definition) is 13. The van der Waals surface area contributed by atoms with Gasteiger partial charge < -0.3 is 64.7 Å². The van der Waals surface area contributed by atoms with Gasteiger partial charge in [0.2, 0.25) is 5.79 Å². The first-order chi connectivity index (χ1) is 12.2. The Morgan fingerprint density at radius 1 is 0.846 bits per heavy atom. The van der Waals surface area contributed by atoms with E-state index in [4.69, 9.17) is 24.3 Å². The highest BCUT2D eigenvalue weighted by molar-refractivity contribution is 6.32. The highest BCUT2D eigenvalue weighted by atomic mass is 16.8. The second kappa shape index (κ2) is 8.70. The Kier molecular flexibility index (Phi) is 7.31. The third kappa shape index (κ3) is 4.17. The monoisotopic (exact) mass is 386 g/mol. The van der Waals surface area contributed by atoms with Gasteiger partial charge in [0.25, 0.3) is 0 Å². The Balaban J connectivity index is 2.23. The second-order valence-corrected chi connectivity index (χ2v) is 6.04. The van der Waals surface area contributed by atoms with Gasteiger partial charge >= 0.3 is 7.32 Å². The predicted molar refractivity (Wildman–Crippen MR) is 77.7 cm³/mol. The number of aliphatic hydroxyl groups is 7. The molecular formula is C12H23BO13. The van der Waals surface area contributed by atoms with E-state index in [2.05, 4.69) is 4.65 Å². The minimum atomic E-state index is -2.33. The van der Waals surface area contributed by atoms with Crippen molar-refractivity contribution in [3.63, 3.8) is 0 Å². The lowest BCUT2D eigenvalue weighted by atomic mass is 9.99. The molecule has 2 aliphatic rings. The van der Waals surface area contributed by atoms with Gasteiger partial charge in [0.15, 0.2) is 6.29 Å². The molecule has 9 N–H and O–H groups in total. The molecule has 0 aromatic rings. The summed E-state index contributed by atoms with van der Waals surface area (Å²) in [5.74, 6) is -2.33. The number of ether oxygens (including phenoxy) is 3. The maximum Gasteiger partial charge on any atom is 0.634 e. The zero-order chi connectivity index (χ0) is 19.6. The fourth-order valence-electron chi connectivity index (χ4n) is 2.81. The average Bonchev–Trinajstić information content (AvgIpc) is 2.85. The van der Waals surface area contributed by atoms with Gasteiger partial charge in [-0.15, -0.1) is 0 Å². The molecule has 26 heavy (non-hydrogen) atoms. The molecule has 2 heterocycles. The molecule has 2 rings (SSSR count). The van der Waals surface area contributed by atoms with E-state index >= 15 is 0 Å². The van der Waals surface area contributed by atoms with Crippen LogP contribution < -0.4 is 0 Å². The standard InChI is InChI=1S/C12H23BO13/c14-1-4-6(16)8(18)9(19)11(24-4)26-12(3-23-13(21)22)10(20)7(17)5(2-15)25-12/h4-11,14-22H,1-3H2/t4-,5-,6-,7-,8+,9-,10+,11-,12+/m1/s1. The van der Waals surface area contributed by atoms with Gasteiger partial charge in [-0.1, -0.05) is 0 Å². The van der Waals surface area contributed by atoms with Crippen molar-refractivity contribution in [3.8, 4) is 0 Å². The third-order valence-corrected chi connectivity index (χ3v) is 4.28. The van der Waals surface area contributed by atoms with E-state index in [1.807, 2.05) is 0 Å². The van der Waals surface area contributed by atoms with Crippen molar-refractivity contribution in [2.24, 2.45) is 0 Å². The molecule has 0 amide bonds. The van der Waals surface area contributed by atoms with Gasteiger partial charge in [-0.3, -0.25) is 0 Å². The van der Waals surface area contributed by atoms with Gasteiger partial charge in [-0.05, 0) is 0 Å². The molecule has 0 radical (unpaired) electrons. The molecule has 2 fully saturated rings. The van der Waals surface area contributed by atoms with Crippen LogP contribution in [0.2, 0.25) is 0 Å². The maximum absolute atomic E-state index is 10.2. The Hall–Kier alpha value is -0.455. The highest BCUT2D eigenvalue weighted by Gasteiger charge is 2.59. The molecule has 14 heteroatoms. The van der Waals surface area contributed by atoms with Crippen molar-refractivity contribution in [3.05, 3.63) is 0 Å². The molecule has 0 aliphatic carbocycles. The van der Waals surface area contributed by atoms with Crippen LogP contribution in [0.5, 0.6) is 0 Å². The van der Waals surface area contributed by atoms with Crippen molar-refractivity contribution in [2.45, 2.75) is 54.8 Å². The normalized spacial score (nSPS) is 46.5. The fraction of sp³-hybridized carbons (Fsp3) is 1.00. The van der Waals surface area contributed by atoms with E-state index in [9.17, 15) is 35.7 Å². The molecule has 0 bridgehead atoms. The van der Waals surface area contributed by atoms with Crippen molar-refractivity contribution in [1.82, 2.24) is 0 Å². The van der Waals surface area contributed by atoms with Gasteiger partial charge in [0.1, 0.15) is 42.7 Å². The van der Waals surface area contributed by atoms with Crippen LogP contribution in [0.4, 0.5) is 0 Å². The molecule has 13 nitrogen and oxygen atoms in total. The third-order valence-electron chi connectivity index (χ3n) is 4.28. The first-order valence-corrected chi connectivity index (χ1v) is 7.77. The van der Waals surface area contributed by atoms with Crippen LogP contribution in [0, 0.1) is 0 Å². The molecule has 0 saturated carbocycles. The number of aliphatic hydroxyl groups excluding tert-OH is 7. The summed E-state index contributed by atoms with van der Waals surface area (Å²) in [6.07, 6.45) is -13.3. The summed E-state index contributed by atoms with van der Waals surface area (Å²) in [5.41, 5.74) is 0. The molecular weight excluding hydrogens is 363 g/mol. The van der Waals surface area contributed by atoms with Gasteiger partial charge in [-0.25, -0.2) is 0 Å². The van der Waals surface area contributed by atoms with Crippen molar-refractivity contribution in [1.29, 1.82) is 0 Å². The quantitative estimate of drug-likeness (QED) is 0.186. The van der Waals surface area contributed by atoms with E-state index in [1.165, 1.54) is 0 Å². The summed E-state index contributed by atoms with van der Waals surface area (Å²) in [7, 11) is -2.30. The predicted octanol–water partition coefficient (Wildman–Crippen LogP) is -6.40. The summed E-state index contributed by atoms with van der Waals surface area (Å²) < 4.78 is 20.2. The van der Waals surface area contributed by atoms with Gasteiger partial charge in [0, 0.05) is 0 Å². The molecule has 0 unspecified atom stereocenters. The Morgan fingerprint density at radius 2 is 1.46 bits per heavy atom. The largest absolute Gasteiger partial charge is 0.634 e. The van der Waals surface area contributed by atoms with E-state index < -0.39 is 81.9 Å². The second-order valence-electron chi connectivity index (χ2n) is 6.04. The van der Waals surface area contributed by atoms with Gasteiger partial charge in [0.05, 0.1) is 19.8 Å². The van der Waals surface area contributed by atoms with Crippen molar-refractivity contribution >= 4 is 7.32 Å². The first-order valence-electron chi connectivity index (χ1n) is 7.77. The summed E-state index contributed by atoms with van der Waals surface area (Å²) in [6.45, 7) is -2.36. The zero-order valence-electron chi connectivity index (χ0n) is 13.5. The van der Waals surface area contributed by atoms with E-state index in [0.29, 0.717) is 0 Å². The topological polar surface area (TPSA) is 219 Å². The van der Waals surface area contributed by atoms with Gasteiger partial charge in [-0.2, -0.15) is 0 Å². The minimum Gasteiger partial charge on any atom is -0.402 e. The fourth-order valence-corrected chi connectivity index (χ4v) is 2.81. The number of hydrogen-bond donors (Lipinski definition) is 9. The lowest BCUT2D eigenvalue weighted by Gasteiger charge is -2.43. The molecule has 0 spiro atoms. The summed E-state index contributed by atoms with van der Waals surface area (Å²) >= 11 is 0. The van der Waals surface area contributed by atoms with E-state index in [1.54, 1.807) is 0 Å². The average molecular weight is 386 g/mol. The summed E-state index contributed by atoms with van der Waals surface area (Å²) in [4.78, 5) is 0. The van der Waals surface area contributed by atoms with E-state index in [-0.39, 0.29) is 0 Å². The smallest absolute Gasteiger partial charge is 0.402 e. The first kappa shape index (κ1) is 21.8. The number of rotatable bonds is 7. The van der Waals surface area contributed by atoms with Crippen LogP contribution in [0.15, 0.2) is 0 Å². The molecule has 2 aliphatic heterocycles. The van der Waals surface area contributed by atoms with Crippen LogP contribution in [0.25, 0.3) is 0 Å². The zero-order valence-corrected chi connectivity index (χ0v) is 13.5.